The summed E-state index contributed by atoms with van der Waals surface area (Å²) in [6, 6.07) is 4.17. The van der Waals surface area contributed by atoms with Crippen molar-refractivity contribution in [2.45, 2.75) is 33.2 Å². The Morgan fingerprint density at radius 2 is 2.13 bits per heavy atom. The van der Waals surface area contributed by atoms with Gasteiger partial charge in [-0.2, -0.15) is 5.10 Å². The molecule has 0 radical (unpaired) electrons. The highest BCUT2D eigenvalue weighted by Gasteiger charge is 2.25. The Morgan fingerprint density at radius 3 is 2.77 bits per heavy atom. The van der Waals surface area contributed by atoms with Crippen molar-refractivity contribution in [2.75, 3.05) is 25.2 Å². The quantitative estimate of drug-likeness (QED) is 0.348. The van der Waals surface area contributed by atoms with Crippen LogP contribution >= 0.6 is 11.6 Å². The molecule has 0 spiro atoms. The van der Waals surface area contributed by atoms with Gasteiger partial charge in [0.25, 0.3) is 5.91 Å². The van der Waals surface area contributed by atoms with Gasteiger partial charge in [0.05, 0.1) is 29.0 Å². The van der Waals surface area contributed by atoms with Crippen LogP contribution in [0.5, 0.6) is 5.88 Å². The third-order valence-corrected chi connectivity index (χ3v) is 4.47. The molecule has 0 aliphatic carbocycles. The van der Waals surface area contributed by atoms with Crippen molar-refractivity contribution in [3.05, 3.63) is 47.0 Å². The fourth-order valence-corrected chi connectivity index (χ4v) is 2.83. The Bertz CT molecular complexity index is 972. The zero-order valence-electron chi connectivity index (χ0n) is 18.0. The number of hydrazone groups is 1. The number of ether oxygens (including phenoxy) is 1. The minimum atomic E-state index is -0.611. The van der Waals surface area contributed by atoms with Crippen molar-refractivity contribution in [1.29, 1.82) is 0 Å². The molecule has 2 aromatic rings. The SMILES string of the molecule is CCC#C/C=N\N(C)c1ncc(F)cc1C(=O)N(CC)C(C)COc1ccc(Cl)cn1. The molecule has 2 rings (SSSR count). The van der Waals surface area contributed by atoms with Crippen LogP contribution in [0.4, 0.5) is 10.2 Å². The lowest BCUT2D eigenvalue weighted by molar-refractivity contribution is 0.0646. The number of likely N-dealkylation sites (N-methyl/N-ethyl adjacent to an activating group) is 1. The predicted octanol–water partition coefficient (Wildman–Crippen LogP) is 4.03. The van der Waals surface area contributed by atoms with Crippen LogP contribution in [0.15, 0.2) is 35.7 Å². The van der Waals surface area contributed by atoms with E-state index < -0.39 is 5.82 Å². The van der Waals surface area contributed by atoms with E-state index in [1.165, 1.54) is 17.4 Å². The summed E-state index contributed by atoms with van der Waals surface area (Å²) in [5.74, 6) is 5.27. The first-order valence-electron chi connectivity index (χ1n) is 9.82. The molecule has 0 bridgehead atoms. The lowest BCUT2D eigenvalue weighted by atomic mass is 10.2. The molecule has 0 aromatic carbocycles. The molecule has 1 unspecified atom stereocenters. The molecular weight excluding hydrogens is 421 g/mol. The van der Waals surface area contributed by atoms with Crippen molar-refractivity contribution in [3.8, 4) is 17.7 Å². The van der Waals surface area contributed by atoms with Gasteiger partial charge in [-0.05, 0) is 26.0 Å². The summed E-state index contributed by atoms with van der Waals surface area (Å²) in [5.41, 5.74) is 0.0985. The second kappa shape index (κ2) is 11.9. The van der Waals surface area contributed by atoms with Gasteiger partial charge in [-0.25, -0.2) is 19.4 Å². The normalized spacial score (nSPS) is 11.5. The fourth-order valence-electron chi connectivity index (χ4n) is 2.72. The molecule has 9 heteroatoms. The standard InChI is InChI=1S/C22H25ClFN5O2/c1-5-7-8-11-27-28(4)21-19(12-18(24)14-26-21)22(30)29(6-2)16(3)15-31-20-10-9-17(23)13-25-20/h9-14,16H,5-6,15H2,1-4H3/b27-11-. The Labute approximate surface area is 186 Å². The van der Waals surface area contributed by atoms with E-state index in [-0.39, 0.29) is 29.9 Å². The van der Waals surface area contributed by atoms with E-state index in [0.29, 0.717) is 23.9 Å². The van der Waals surface area contributed by atoms with Crippen molar-refractivity contribution in [1.82, 2.24) is 14.9 Å². The molecule has 164 valence electrons. The van der Waals surface area contributed by atoms with Gasteiger partial charge in [-0.15, -0.1) is 0 Å². The maximum Gasteiger partial charge on any atom is 0.258 e. The molecule has 0 saturated carbocycles. The first kappa shape index (κ1) is 24.1. The number of hydrogen-bond donors (Lipinski definition) is 0. The summed E-state index contributed by atoms with van der Waals surface area (Å²) in [7, 11) is 1.62. The van der Waals surface area contributed by atoms with Crippen LogP contribution in [0.3, 0.4) is 0 Å². The molecule has 31 heavy (non-hydrogen) atoms. The number of carbonyl (C=O) groups excluding carboxylic acids is 1. The molecule has 0 N–H and O–H groups in total. The van der Waals surface area contributed by atoms with E-state index in [1.807, 2.05) is 20.8 Å². The van der Waals surface area contributed by atoms with Crippen molar-refractivity contribution in [2.24, 2.45) is 5.10 Å². The molecule has 2 aromatic heterocycles. The summed E-state index contributed by atoms with van der Waals surface area (Å²) in [6.45, 7) is 6.20. The van der Waals surface area contributed by atoms with Gasteiger partial charge < -0.3 is 9.64 Å². The van der Waals surface area contributed by atoms with Crippen LogP contribution in [0.1, 0.15) is 37.6 Å². The van der Waals surface area contributed by atoms with Crippen LogP contribution < -0.4 is 9.75 Å². The molecule has 7 nitrogen and oxygen atoms in total. The van der Waals surface area contributed by atoms with Crippen LogP contribution in [0.25, 0.3) is 0 Å². The topological polar surface area (TPSA) is 70.9 Å². The molecule has 2 heterocycles. The molecule has 0 fully saturated rings. The van der Waals surface area contributed by atoms with E-state index in [1.54, 1.807) is 24.1 Å². The average Bonchev–Trinajstić information content (AvgIpc) is 2.76. The highest BCUT2D eigenvalue weighted by Crippen LogP contribution is 2.21. The monoisotopic (exact) mass is 445 g/mol. The minimum absolute atomic E-state index is 0.0985. The third-order valence-electron chi connectivity index (χ3n) is 4.25. The average molecular weight is 446 g/mol. The van der Waals surface area contributed by atoms with E-state index in [4.69, 9.17) is 16.3 Å². The third kappa shape index (κ3) is 6.93. The van der Waals surface area contributed by atoms with Gasteiger partial charge in [0, 0.05) is 32.3 Å². The summed E-state index contributed by atoms with van der Waals surface area (Å²) in [4.78, 5) is 23.0. The van der Waals surface area contributed by atoms with Crippen molar-refractivity contribution in [3.63, 3.8) is 0 Å². The zero-order valence-corrected chi connectivity index (χ0v) is 18.7. The number of hydrogen-bond acceptors (Lipinski definition) is 6. The van der Waals surface area contributed by atoms with Gasteiger partial charge in [-0.3, -0.25) is 4.79 Å². The van der Waals surface area contributed by atoms with Crippen LogP contribution in [-0.4, -0.2) is 53.2 Å². The van der Waals surface area contributed by atoms with Gasteiger partial charge in [0.1, 0.15) is 12.4 Å². The maximum atomic E-state index is 13.9. The first-order chi connectivity index (χ1) is 14.9. The lowest BCUT2D eigenvalue weighted by Crippen LogP contribution is -2.42. The van der Waals surface area contributed by atoms with Crippen molar-refractivity contribution < 1.29 is 13.9 Å². The largest absolute Gasteiger partial charge is 0.475 e. The molecule has 0 aliphatic heterocycles. The number of carbonyl (C=O) groups is 1. The molecule has 1 amide bonds. The number of amides is 1. The van der Waals surface area contributed by atoms with Crippen LogP contribution in [0, 0.1) is 17.7 Å². The van der Waals surface area contributed by atoms with E-state index in [2.05, 4.69) is 26.9 Å². The molecular formula is C22H25ClFN5O2. The second-order valence-electron chi connectivity index (χ2n) is 6.53. The Balaban J connectivity index is 2.20. The zero-order chi connectivity index (χ0) is 22.8. The number of anilines is 1. The predicted molar refractivity (Wildman–Crippen MR) is 120 cm³/mol. The highest BCUT2D eigenvalue weighted by atomic mass is 35.5. The lowest BCUT2D eigenvalue weighted by Gasteiger charge is -2.29. The Morgan fingerprint density at radius 1 is 1.35 bits per heavy atom. The minimum Gasteiger partial charge on any atom is -0.475 e. The maximum absolute atomic E-state index is 13.9. The molecule has 1 atom stereocenters. The van der Waals surface area contributed by atoms with Gasteiger partial charge in [-0.1, -0.05) is 30.4 Å². The summed E-state index contributed by atoms with van der Waals surface area (Å²) in [5, 5.41) is 6.05. The highest BCUT2D eigenvalue weighted by molar-refractivity contribution is 6.30. The van der Waals surface area contributed by atoms with E-state index in [0.717, 1.165) is 12.3 Å². The second-order valence-corrected chi connectivity index (χ2v) is 6.97. The smallest absolute Gasteiger partial charge is 0.258 e. The number of pyridine rings is 2. The summed E-state index contributed by atoms with van der Waals surface area (Å²) in [6.07, 6.45) is 4.64. The number of aromatic nitrogens is 2. The molecule has 0 aliphatic rings. The fraction of sp³-hybridized carbons (Fsp3) is 0.364. The van der Waals surface area contributed by atoms with E-state index in [9.17, 15) is 9.18 Å². The Kier molecular flexibility index (Phi) is 9.22. The van der Waals surface area contributed by atoms with Crippen LogP contribution in [-0.2, 0) is 0 Å². The summed E-state index contributed by atoms with van der Waals surface area (Å²) < 4.78 is 19.6. The number of nitrogens with zero attached hydrogens (tertiary/aromatic N) is 5. The first-order valence-corrected chi connectivity index (χ1v) is 10.2. The van der Waals surface area contributed by atoms with Crippen molar-refractivity contribution >= 4 is 29.5 Å². The molecule has 0 saturated heterocycles. The number of halogens is 2. The Hall–Kier alpha value is -3.18. The van der Waals surface area contributed by atoms with Gasteiger partial charge >= 0.3 is 0 Å². The van der Waals surface area contributed by atoms with Gasteiger partial charge in [0.2, 0.25) is 5.88 Å². The van der Waals surface area contributed by atoms with E-state index >= 15 is 0 Å². The van der Waals surface area contributed by atoms with Gasteiger partial charge in [0.15, 0.2) is 5.82 Å². The summed E-state index contributed by atoms with van der Waals surface area (Å²) >= 11 is 5.83. The number of rotatable bonds is 8. The van der Waals surface area contributed by atoms with Crippen LogP contribution in [0.2, 0.25) is 5.02 Å².